The molecule has 0 radical (unpaired) electrons. The van der Waals surface area contributed by atoms with E-state index in [2.05, 4.69) is 47.0 Å². The van der Waals surface area contributed by atoms with Crippen LogP contribution in [0.2, 0.25) is 0 Å². The summed E-state index contributed by atoms with van der Waals surface area (Å²) in [6, 6.07) is 10.4. The minimum absolute atomic E-state index is 0.418. The first-order valence-electron chi connectivity index (χ1n) is 6.67. The van der Waals surface area contributed by atoms with Crippen LogP contribution in [0.1, 0.15) is 25.0 Å². The summed E-state index contributed by atoms with van der Waals surface area (Å²) >= 11 is 3.45. The van der Waals surface area contributed by atoms with E-state index in [0.717, 1.165) is 22.3 Å². The number of halogens is 1. The third kappa shape index (κ3) is 4.32. The van der Waals surface area contributed by atoms with Crippen LogP contribution in [0.25, 0.3) is 0 Å². The molecule has 0 saturated heterocycles. The van der Waals surface area contributed by atoms with E-state index in [1.54, 1.807) is 6.20 Å². The van der Waals surface area contributed by atoms with Gasteiger partial charge in [0.2, 0.25) is 5.88 Å². The summed E-state index contributed by atoms with van der Waals surface area (Å²) in [6.07, 6.45) is 1.75. The molecule has 20 heavy (non-hydrogen) atoms. The molecular formula is C16H19BrN2O. The normalized spacial score (nSPS) is 10.8. The Morgan fingerprint density at radius 1 is 1.25 bits per heavy atom. The summed E-state index contributed by atoms with van der Waals surface area (Å²) < 4.78 is 6.83. The van der Waals surface area contributed by atoms with Gasteiger partial charge in [-0.25, -0.2) is 4.98 Å². The van der Waals surface area contributed by atoms with Crippen LogP contribution in [0.4, 0.5) is 0 Å². The minimum atomic E-state index is 0.418. The number of nitrogens with zero attached hydrogens (tertiary/aromatic N) is 1. The molecule has 0 aliphatic heterocycles. The highest BCUT2D eigenvalue weighted by molar-refractivity contribution is 9.10. The van der Waals surface area contributed by atoms with Crippen LogP contribution in [0.5, 0.6) is 11.6 Å². The number of nitrogens with one attached hydrogen (secondary N) is 1. The van der Waals surface area contributed by atoms with Crippen LogP contribution in [0.15, 0.2) is 41.0 Å². The Hall–Kier alpha value is -1.39. The number of benzene rings is 1. The first-order chi connectivity index (χ1) is 9.54. The lowest BCUT2D eigenvalue weighted by atomic mass is 10.2. The number of hydrogen-bond acceptors (Lipinski definition) is 3. The molecule has 106 valence electrons. The molecule has 3 nitrogen and oxygen atoms in total. The van der Waals surface area contributed by atoms with Crippen molar-refractivity contribution in [3.05, 3.63) is 52.1 Å². The molecule has 0 unspecified atom stereocenters. The number of hydrogen-bond donors (Lipinski definition) is 1. The molecule has 0 spiro atoms. The molecule has 0 fully saturated rings. The van der Waals surface area contributed by atoms with Crippen molar-refractivity contribution in [1.82, 2.24) is 10.3 Å². The van der Waals surface area contributed by atoms with Crippen molar-refractivity contribution in [2.24, 2.45) is 0 Å². The van der Waals surface area contributed by atoms with Crippen LogP contribution in [0.3, 0.4) is 0 Å². The molecule has 1 aromatic carbocycles. The molecule has 0 atom stereocenters. The maximum atomic E-state index is 5.88. The lowest BCUT2D eigenvalue weighted by Crippen LogP contribution is -2.22. The second kappa shape index (κ2) is 6.86. The van der Waals surface area contributed by atoms with Gasteiger partial charge in [-0.05, 0) is 41.1 Å². The third-order valence-corrected chi connectivity index (χ3v) is 3.26. The highest BCUT2D eigenvalue weighted by Gasteiger charge is 2.08. The molecule has 1 aromatic heterocycles. The lowest BCUT2D eigenvalue weighted by molar-refractivity contribution is 0.450. The monoisotopic (exact) mass is 334 g/mol. The molecule has 0 bridgehead atoms. The van der Waals surface area contributed by atoms with E-state index in [0.29, 0.717) is 11.9 Å². The molecule has 1 heterocycles. The van der Waals surface area contributed by atoms with Crippen LogP contribution in [-0.2, 0) is 6.54 Å². The van der Waals surface area contributed by atoms with Gasteiger partial charge >= 0.3 is 0 Å². The molecule has 2 rings (SSSR count). The zero-order valence-corrected chi connectivity index (χ0v) is 13.6. The molecule has 4 heteroatoms. The summed E-state index contributed by atoms with van der Waals surface area (Å²) in [5, 5.41) is 3.38. The first-order valence-corrected chi connectivity index (χ1v) is 7.46. The summed E-state index contributed by atoms with van der Waals surface area (Å²) in [5.74, 6) is 1.45. The maximum absolute atomic E-state index is 5.88. The summed E-state index contributed by atoms with van der Waals surface area (Å²) in [5.41, 5.74) is 2.25. The smallest absolute Gasteiger partial charge is 0.223 e. The second-order valence-corrected chi connectivity index (χ2v) is 5.98. The Bertz CT molecular complexity index is 567. The largest absolute Gasteiger partial charge is 0.439 e. The van der Waals surface area contributed by atoms with Crippen molar-refractivity contribution in [3.8, 4) is 11.6 Å². The van der Waals surface area contributed by atoms with Gasteiger partial charge in [-0.2, -0.15) is 0 Å². The van der Waals surface area contributed by atoms with Gasteiger partial charge in [0.1, 0.15) is 5.75 Å². The fraction of sp³-hybridized carbons (Fsp3) is 0.312. The highest BCUT2D eigenvalue weighted by atomic mass is 79.9. The van der Waals surface area contributed by atoms with Crippen LogP contribution in [0, 0.1) is 6.92 Å². The van der Waals surface area contributed by atoms with Crippen molar-refractivity contribution in [3.63, 3.8) is 0 Å². The molecule has 0 saturated carbocycles. The van der Waals surface area contributed by atoms with Crippen molar-refractivity contribution >= 4 is 15.9 Å². The number of pyridine rings is 1. The van der Waals surface area contributed by atoms with Crippen LogP contribution >= 0.6 is 15.9 Å². The Kier molecular flexibility index (Phi) is 5.15. The number of aryl methyl sites for hydroxylation is 1. The lowest BCUT2D eigenvalue weighted by Gasteiger charge is -2.13. The number of ether oxygens (including phenoxy) is 1. The fourth-order valence-electron chi connectivity index (χ4n) is 1.72. The summed E-state index contributed by atoms with van der Waals surface area (Å²) in [7, 11) is 0. The fourth-order valence-corrected chi connectivity index (χ4v) is 2.10. The SMILES string of the molecule is Cc1ccc(Oc2ncc(Br)cc2CNC(C)C)cc1. The first kappa shape index (κ1) is 15.0. The van der Waals surface area contributed by atoms with E-state index in [1.165, 1.54) is 5.56 Å². The zero-order chi connectivity index (χ0) is 14.5. The van der Waals surface area contributed by atoms with Gasteiger partial charge in [0.25, 0.3) is 0 Å². The Labute approximate surface area is 128 Å². The van der Waals surface area contributed by atoms with Crippen molar-refractivity contribution in [2.75, 3.05) is 0 Å². The maximum Gasteiger partial charge on any atom is 0.223 e. The third-order valence-electron chi connectivity index (χ3n) is 2.83. The van der Waals surface area contributed by atoms with Gasteiger partial charge in [-0.15, -0.1) is 0 Å². The van der Waals surface area contributed by atoms with E-state index in [9.17, 15) is 0 Å². The summed E-state index contributed by atoms with van der Waals surface area (Å²) in [6.45, 7) is 7.02. The standard InChI is InChI=1S/C16H19BrN2O/c1-11(2)18-9-13-8-14(17)10-19-16(13)20-15-6-4-12(3)5-7-15/h4-8,10-11,18H,9H2,1-3H3. The minimum Gasteiger partial charge on any atom is -0.439 e. The molecule has 0 amide bonds. The van der Waals surface area contributed by atoms with E-state index >= 15 is 0 Å². The van der Waals surface area contributed by atoms with Crippen LogP contribution < -0.4 is 10.1 Å². The van der Waals surface area contributed by atoms with Crippen molar-refractivity contribution in [2.45, 2.75) is 33.4 Å². The van der Waals surface area contributed by atoms with E-state index in [1.807, 2.05) is 30.3 Å². The Balaban J connectivity index is 2.19. The van der Waals surface area contributed by atoms with Gasteiger partial charge in [-0.1, -0.05) is 31.5 Å². The highest BCUT2D eigenvalue weighted by Crippen LogP contribution is 2.25. The Morgan fingerprint density at radius 2 is 1.95 bits per heavy atom. The topological polar surface area (TPSA) is 34.1 Å². The number of aromatic nitrogens is 1. The van der Waals surface area contributed by atoms with Crippen molar-refractivity contribution in [1.29, 1.82) is 0 Å². The molecule has 0 aliphatic carbocycles. The molecule has 0 aliphatic rings. The average Bonchev–Trinajstić information content (AvgIpc) is 2.41. The van der Waals surface area contributed by atoms with Gasteiger partial charge < -0.3 is 10.1 Å². The number of rotatable bonds is 5. The quantitative estimate of drug-likeness (QED) is 0.877. The van der Waals surface area contributed by atoms with Gasteiger partial charge in [-0.3, -0.25) is 0 Å². The van der Waals surface area contributed by atoms with E-state index < -0.39 is 0 Å². The zero-order valence-electron chi connectivity index (χ0n) is 12.0. The predicted octanol–water partition coefficient (Wildman–Crippen LogP) is 4.44. The predicted molar refractivity (Wildman–Crippen MR) is 85.2 cm³/mol. The van der Waals surface area contributed by atoms with E-state index in [-0.39, 0.29) is 0 Å². The molecule has 2 aromatic rings. The average molecular weight is 335 g/mol. The van der Waals surface area contributed by atoms with Gasteiger partial charge in [0.15, 0.2) is 0 Å². The molecule has 1 N–H and O–H groups in total. The van der Waals surface area contributed by atoms with Gasteiger partial charge in [0.05, 0.1) is 0 Å². The van der Waals surface area contributed by atoms with Crippen LogP contribution in [-0.4, -0.2) is 11.0 Å². The van der Waals surface area contributed by atoms with E-state index in [4.69, 9.17) is 4.74 Å². The second-order valence-electron chi connectivity index (χ2n) is 5.07. The summed E-state index contributed by atoms with van der Waals surface area (Å²) in [4.78, 5) is 4.36. The van der Waals surface area contributed by atoms with Crippen molar-refractivity contribution < 1.29 is 4.74 Å². The van der Waals surface area contributed by atoms with Gasteiger partial charge in [0, 0.05) is 28.8 Å². The molecular weight excluding hydrogens is 316 g/mol. The Morgan fingerprint density at radius 3 is 2.60 bits per heavy atom.